The number of hydrogen-bond donors (Lipinski definition) is 0. The molecule has 5 heteroatoms. The second-order valence-corrected chi connectivity index (χ2v) is 4.90. The summed E-state index contributed by atoms with van der Waals surface area (Å²) >= 11 is 0. The van der Waals surface area contributed by atoms with E-state index in [9.17, 15) is 0 Å². The lowest BCUT2D eigenvalue weighted by Crippen LogP contribution is -2.23. The van der Waals surface area contributed by atoms with E-state index >= 15 is 0 Å². The van der Waals surface area contributed by atoms with Crippen molar-refractivity contribution in [1.29, 1.82) is 0 Å². The number of imidazole rings is 1. The van der Waals surface area contributed by atoms with E-state index in [-0.39, 0.29) is 0 Å². The summed E-state index contributed by atoms with van der Waals surface area (Å²) in [5, 5.41) is 0. The van der Waals surface area contributed by atoms with Crippen LogP contribution < -0.4 is 4.90 Å². The van der Waals surface area contributed by atoms with Crippen molar-refractivity contribution in [2.24, 2.45) is 0 Å². The molecule has 1 aromatic carbocycles. The first kappa shape index (κ1) is 13.5. The minimum atomic E-state index is 0.770. The highest BCUT2D eigenvalue weighted by Crippen LogP contribution is 2.21. The van der Waals surface area contributed by atoms with Crippen molar-refractivity contribution < 1.29 is 0 Å². The second-order valence-electron chi connectivity index (χ2n) is 4.90. The molecule has 21 heavy (non-hydrogen) atoms. The first-order valence-electron chi connectivity index (χ1n) is 7.28. The maximum atomic E-state index is 4.53. The van der Waals surface area contributed by atoms with Gasteiger partial charge in [0, 0.05) is 13.1 Å². The summed E-state index contributed by atoms with van der Waals surface area (Å²) in [6.45, 7) is 6.84. The first-order chi connectivity index (χ1) is 10.3. The van der Waals surface area contributed by atoms with Crippen LogP contribution in [0, 0.1) is 0 Å². The summed E-state index contributed by atoms with van der Waals surface area (Å²) < 4.78 is 2.07. The molecular formula is C16H19N5. The molecular weight excluding hydrogens is 262 g/mol. The fourth-order valence-corrected chi connectivity index (χ4v) is 2.52. The zero-order valence-electron chi connectivity index (χ0n) is 12.4. The van der Waals surface area contributed by atoms with Crippen LogP contribution in [0.15, 0.2) is 43.0 Å². The molecule has 0 aliphatic heterocycles. The van der Waals surface area contributed by atoms with E-state index in [0.29, 0.717) is 0 Å². The molecule has 0 radical (unpaired) electrons. The average Bonchev–Trinajstić information content (AvgIpc) is 2.94. The van der Waals surface area contributed by atoms with E-state index in [1.165, 1.54) is 5.56 Å². The Labute approximate surface area is 124 Å². The van der Waals surface area contributed by atoms with Gasteiger partial charge in [0.15, 0.2) is 17.0 Å². The Morgan fingerprint density at radius 2 is 1.76 bits per heavy atom. The van der Waals surface area contributed by atoms with Crippen LogP contribution in [0.25, 0.3) is 11.2 Å². The minimum Gasteiger partial charge on any atom is -0.355 e. The van der Waals surface area contributed by atoms with Crippen molar-refractivity contribution in [1.82, 2.24) is 19.5 Å². The summed E-state index contributed by atoms with van der Waals surface area (Å²) in [6.07, 6.45) is 3.47. The summed E-state index contributed by atoms with van der Waals surface area (Å²) in [4.78, 5) is 15.5. The monoisotopic (exact) mass is 281 g/mol. The number of fused-ring (bicyclic) bond motifs is 1. The standard InChI is InChI=1S/C16H19N5/c1-3-20(4-2)15-14-16(18-11-17-15)21(12-19-14)10-13-8-6-5-7-9-13/h5-9,11-12H,3-4,10H2,1-2H3. The molecule has 3 aromatic rings. The zero-order valence-corrected chi connectivity index (χ0v) is 12.4. The number of hydrogen-bond acceptors (Lipinski definition) is 4. The summed E-state index contributed by atoms with van der Waals surface area (Å²) in [5.74, 6) is 0.914. The molecule has 0 amide bonds. The van der Waals surface area contributed by atoms with Crippen molar-refractivity contribution in [3.8, 4) is 0 Å². The molecule has 0 atom stereocenters. The van der Waals surface area contributed by atoms with Crippen LogP contribution in [-0.4, -0.2) is 32.6 Å². The Kier molecular flexibility index (Phi) is 3.81. The smallest absolute Gasteiger partial charge is 0.165 e. The molecule has 2 heterocycles. The highest BCUT2D eigenvalue weighted by Gasteiger charge is 2.13. The minimum absolute atomic E-state index is 0.770. The highest BCUT2D eigenvalue weighted by atomic mass is 15.2. The Balaban J connectivity index is 2.01. The molecule has 0 saturated heterocycles. The molecule has 0 spiro atoms. The van der Waals surface area contributed by atoms with E-state index in [4.69, 9.17) is 0 Å². The third-order valence-corrected chi connectivity index (χ3v) is 3.64. The summed E-state index contributed by atoms with van der Waals surface area (Å²) in [5.41, 5.74) is 2.99. The first-order valence-corrected chi connectivity index (χ1v) is 7.28. The summed E-state index contributed by atoms with van der Waals surface area (Å²) in [6, 6.07) is 10.3. The lowest BCUT2D eigenvalue weighted by atomic mass is 10.2. The molecule has 0 unspecified atom stereocenters. The van der Waals surface area contributed by atoms with Gasteiger partial charge in [-0.2, -0.15) is 0 Å². The van der Waals surface area contributed by atoms with Crippen LogP contribution in [0.3, 0.4) is 0 Å². The fraction of sp³-hybridized carbons (Fsp3) is 0.312. The number of aromatic nitrogens is 4. The van der Waals surface area contributed by atoms with Gasteiger partial charge in [0.2, 0.25) is 0 Å². The van der Waals surface area contributed by atoms with Crippen LogP contribution >= 0.6 is 0 Å². The van der Waals surface area contributed by atoms with Gasteiger partial charge >= 0.3 is 0 Å². The molecule has 0 saturated carbocycles. The van der Waals surface area contributed by atoms with E-state index in [1.54, 1.807) is 6.33 Å². The van der Waals surface area contributed by atoms with Crippen molar-refractivity contribution in [2.75, 3.05) is 18.0 Å². The zero-order chi connectivity index (χ0) is 14.7. The largest absolute Gasteiger partial charge is 0.355 e. The number of rotatable bonds is 5. The Hall–Kier alpha value is -2.43. The molecule has 0 aliphatic rings. The molecule has 2 aromatic heterocycles. The fourth-order valence-electron chi connectivity index (χ4n) is 2.52. The van der Waals surface area contributed by atoms with E-state index in [1.807, 2.05) is 24.5 Å². The second kappa shape index (κ2) is 5.91. The third kappa shape index (κ3) is 2.59. The van der Waals surface area contributed by atoms with Gasteiger partial charge in [-0.3, -0.25) is 0 Å². The van der Waals surface area contributed by atoms with Crippen LogP contribution in [-0.2, 0) is 6.54 Å². The van der Waals surface area contributed by atoms with Gasteiger partial charge in [-0.15, -0.1) is 0 Å². The van der Waals surface area contributed by atoms with Gasteiger partial charge in [-0.25, -0.2) is 15.0 Å². The number of benzene rings is 1. The molecule has 0 fully saturated rings. The van der Waals surface area contributed by atoms with E-state index in [0.717, 1.165) is 36.6 Å². The lowest BCUT2D eigenvalue weighted by molar-refractivity contribution is 0.811. The molecule has 108 valence electrons. The molecule has 0 bridgehead atoms. The third-order valence-electron chi connectivity index (χ3n) is 3.64. The van der Waals surface area contributed by atoms with Gasteiger partial charge in [-0.05, 0) is 19.4 Å². The topological polar surface area (TPSA) is 46.8 Å². The van der Waals surface area contributed by atoms with Gasteiger partial charge in [0.25, 0.3) is 0 Å². The van der Waals surface area contributed by atoms with Gasteiger partial charge in [-0.1, -0.05) is 30.3 Å². The molecule has 0 aliphatic carbocycles. The molecule has 5 nitrogen and oxygen atoms in total. The van der Waals surface area contributed by atoms with Crippen LogP contribution in [0.4, 0.5) is 5.82 Å². The highest BCUT2D eigenvalue weighted by molar-refractivity contribution is 5.83. The number of anilines is 1. The van der Waals surface area contributed by atoms with Crippen LogP contribution in [0.1, 0.15) is 19.4 Å². The average molecular weight is 281 g/mol. The van der Waals surface area contributed by atoms with Crippen molar-refractivity contribution in [3.05, 3.63) is 48.5 Å². The van der Waals surface area contributed by atoms with E-state index < -0.39 is 0 Å². The predicted molar refractivity (Wildman–Crippen MR) is 84.4 cm³/mol. The maximum absolute atomic E-state index is 4.53. The lowest BCUT2D eigenvalue weighted by Gasteiger charge is -2.19. The van der Waals surface area contributed by atoms with Gasteiger partial charge in [0.05, 0.1) is 12.9 Å². The van der Waals surface area contributed by atoms with Crippen molar-refractivity contribution in [3.63, 3.8) is 0 Å². The molecule has 3 rings (SSSR count). The summed E-state index contributed by atoms with van der Waals surface area (Å²) in [7, 11) is 0. The van der Waals surface area contributed by atoms with Crippen LogP contribution in [0.5, 0.6) is 0 Å². The van der Waals surface area contributed by atoms with Crippen LogP contribution in [0.2, 0.25) is 0 Å². The molecule has 0 N–H and O–H groups in total. The Morgan fingerprint density at radius 3 is 2.48 bits per heavy atom. The number of nitrogens with zero attached hydrogens (tertiary/aromatic N) is 5. The van der Waals surface area contributed by atoms with Crippen molar-refractivity contribution >= 4 is 17.0 Å². The Bertz CT molecular complexity index is 716. The predicted octanol–water partition coefficient (Wildman–Crippen LogP) is 2.72. The Morgan fingerprint density at radius 1 is 1.00 bits per heavy atom. The maximum Gasteiger partial charge on any atom is 0.165 e. The van der Waals surface area contributed by atoms with Gasteiger partial charge < -0.3 is 9.47 Å². The van der Waals surface area contributed by atoms with E-state index in [2.05, 4.69) is 50.4 Å². The van der Waals surface area contributed by atoms with Crippen molar-refractivity contribution in [2.45, 2.75) is 20.4 Å². The van der Waals surface area contributed by atoms with Gasteiger partial charge in [0.1, 0.15) is 6.33 Å². The quantitative estimate of drug-likeness (QED) is 0.721. The normalized spacial score (nSPS) is 11.0. The SMILES string of the molecule is CCN(CC)c1ncnc2c1ncn2Cc1ccccc1.